The maximum atomic E-state index is 12.4. The zero-order valence-electron chi connectivity index (χ0n) is 19.8. The van der Waals surface area contributed by atoms with Crippen molar-refractivity contribution in [3.63, 3.8) is 0 Å². The van der Waals surface area contributed by atoms with Gasteiger partial charge in [-0.2, -0.15) is 0 Å². The Morgan fingerprint density at radius 3 is 1.89 bits per heavy atom. The second-order valence-corrected chi connectivity index (χ2v) is 8.75. The molecule has 182 valence electrons. The van der Waals surface area contributed by atoms with Crippen molar-refractivity contribution in [2.24, 2.45) is 11.5 Å². The number of hydrogen-bond acceptors (Lipinski definition) is 7. The van der Waals surface area contributed by atoms with Crippen molar-refractivity contribution in [1.82, 2.24) is 29.9 Å². The number of nitrogens with zero attached hydrogens (tertiary/aromatic N) is 4. The third-order valence-corrected chi connectivity index (χ3v) is 6.58. The van der Waals surface area contributed by atoms with Crippen LogP contribution in [0.5, 0.6) is 0 Å². The molecule has 0 amide bonds. The highest BCUT2D eigenvalue weighted by molar-refractivity contribution is 6.02. The summed E-state index contributed by atoms with van der Waals surface area (Å²) >= 11 is 0. The van der Waals surface area contributed by atoms with Crippen LogP contribution < -0.4 is 11.5 Å². The minimum atomic E-state index is -0.447. The monoisotopic (exact) mass is 488 g/mol. The molecule has 9 heteroatoms. The van der Waals surface area contributed by atoms with E-state index in [0.717, 1.165) is 56.8 Å². The van der Waals surface area contributed by atoms with Crippen molar-refractivity contribution in [2.45, 2.75) is 19.0 Å². The Morgan fingerprint density at radius 1 is 0.757 bits per heavy atom. The van der Waals surface area contributed by atoms with E-state index >= 15 is 0 Å². The van der Waals surface area contributed by atoms with Gasteiger partial charge in [-0.05, 0) is 53.1 Å². The van der Waals surface area contributed by atoms with Gasteiger partial charge >= 0.3 is 0 Å². The number of carbonyl (C=O) groups is 1. The van der Waals surface area contributed by atoms with Crippen LogP contribution in [-0.2, 0) is 17.9 Å². The van der Waals surface area contributed by atoms with Crippen molar-refractivity contribution < 1.29 is 4.79 Å². The second-order valence-electron chi connectivity index (χ2n) is 8.75. The average Bonchev–Trinajstić information content (AvgIpc) is 3.68. The van der Waals surface area contributed by atoms with Gasteiger partial charge < -0.3 is 26.2 Å². The third-order valence-electron chi connectivity index (χ3n) is 6.58. The number of fused-ring (bicyclic) bond motifs is 1. The highest BCUT2D eigenvalue weighted by Gasteiger charge is 2.30. The Morgan fingerprint density at radius 2 is 1.32 bits per heavy atom. The van der Waals surface area contributed by atoms with E-state index in [0.29, 0.717) is 23.9 Å². The molecule has 37 heavy (non-hydrogen) atoms. The van der Waals surface area contributed by atoms with Crippen LogP contribution in [0.2, 0.25) is 0 Å². The van der Waals surface area contributed by atoms with Gasteiger partial charge in [0.15, 0.2) is 0 Å². The first-order valence-electron chi connectivity index (χ1n) is 11.9. The van der Waals surface area contributed by atoms with E-state index in [1.54, 1.807) is 24.8 Å². The molecule has 5 aromatic rings. The van der Waals surface area contributed by atoms with Crippen LogP contribution in [0.3, 0.4) is 0 Å². The molecule has 0 radical (unpaired) electrons. The molecule has 0 spiro atoms. The van der Waals surface area contributed by atoms with Gasteiger partial charge in [0.05, 0.1) is 41.8 Å². The largest absolute Gasteiger partial charge is 0.340 e. The maximum Gasteiger partial charge on any atom is 0.131 e. The van der Waals surface area contributed by atoms with E-state index in [4.69, 9.17) is 21.4 Å². The molecular weight excluding hydrogens is 464 g/mol. The summed E-state index contributed by atoms with van der Waals surface area (Å²) in [4.78, 5) is 36.8. The predicted molar refractivity (Wildman–Crippen MR) is 142 cm³/mol. The van der Waals surface area contributed by atoms with Crippen LogP contribution in [0.4, 0.5) is 0 Å². The summed E-state index contributed by atoms with van der Waals surface area (Å²) in [5.74, 6) is 0.894. The third kappa shape index (κ3) is 3.96. The van der Waals surface area contributed by atoms with Gasteiger partial charge in [0.1, 0.15) is 17.9 Å². The topological polar surface area (TPSA) is 152 Å². The van der Waals surface area contributed by atoms with E-state index < -0.39 is 5.92 Å². The summed E-state index contributed by atoms with van der Waals surface area (Å²) in [7, 11) is 0. The first-order chi connectivity index (χ1) is 18.2. The van der Waals surface area contributed by atoms with Crippen LogP contribution in [-0.4, -0.2) is 36.2 Å². The second kappa shape index (κ2) is 9.38. The van der Waals surface area contributed by atoms with E-state index in [1.165, 1.54) is 0 Å². The van der Waals surface area contributed by atoms with Crippen molar-refractivity contribution in [2.75, 3.05) is 0 Å². The number of pyridine rings is 2. The van der Waals surface area contributed by atoms with Crippen LogP contribution in [0, 0.1) is 0 Å². The minimum Gasteiger partial charge on any atom is -0.340 e. The lowest BCUT2D eigenvalue weighted by molar-refractivity contribution is -0.108. The van der Waals surface area contributed by atoms with E-state index in [2.05, 4.69) is 26.0 Å². The molecule has 1 aliphatic rings. The first kappa shape index (κ1) is 22.7. The van der Waals surface area contributed by atoms with Gasteiger partial charge in [-0.25, -0.2) is 9.97 Å². The highest BCUT2D eigenvalue weighted by atomic mass is 16.1. The fourth-order valence-corrected chi connectivity index (χ4v) is 4.83. The summed E-state index contributed by atoms with van der Waals surface area (Å²) in [6, 6.07) is 13.7. The Kier molecular flexibility index (Phi) is 5.76. The number of rotatable bonds is 7. The van der Waals surface area contributed by atoms with E-state index in [-0.39, 0.29) is 6.54 Å². The van der Waals surface area contributed by atoms with Crippen LogP contribution in [0.1, 0.15) is 34.4 Å². The van der Waals surface area contributed by atoms with Gasteiger partial charge in [-0.15, -0.1) is 0 Å². The Balaban J connectivity index is 1.47. The Bertz CT molecular complexity index is 1620. The quantitative estimate of drug-likeness (QED) is 0.255. The molecule has 1 unspecified atom stereocenters. The van der Waals surface area contributed by atoms with Crippen molar-refractivity contribution in [1.29, 1.82) is 0 Å². The zero-order chi connectivity index (χ0) is 25.4. The molecule has 6 rings (SSSR count). The fraction of sp³-hybridized carbons (Fsp3) is 0.107. The molecule has 9 nitrogen and oxygen atoms in total. The van der Waals surface area contributed by atoms with Gasteiger partial charge in [-0.3, -0.25) is 9.97 Å². The number of allylic oxidation sites excluding steroid dienone is 1. The Labute approximate surface area is 212 Å². The summed E-state index contributed by atoms with van der Waals surface area (Å²) in [5.41, 5.74) is 20.5. The number of nitrogens with two attached hydrogens (primary N) is 2. The van der Waals surface area contributed by atoms with Gasteiger partial charge in [0.25, 0.3) is 0 Å². The number of carbonyl (C=O) groups excluding carboxylic acids is 1. The summed E-state index contributed by atoms with van der Waals surface area (Å²) < 4.78 is 0. The standard InChI is InChI=1S/C28H24N8O/c29-13-23-33-25(16-3-7-31-8-4-16)27(35-23)18-1-2-20-19(11-18)12-21(22(20)15-37)28-26(34-24(14-30)36-28)17-5-9-32-10-6-17/h1-12,15,22H,13-14,29-30H2,(H,33,35)(H,34,36). The summed E-state index contributed by atoms with van der Waals surface area (Å²) in [6.45, 7) is 0.551. The molecule has 6 N–H and O–H groups in total. The average molecular weight is 489 g/mol. The molecule has 4 heterocycles. The first-order valence-corrected chi connectivity index (χ1v) is 11.9. The molecule has 4 aromatic heterocycles. The van der Waals surface area contributed by atoms with Crippen LogP contribution >= 0.6 is 0 Å². The lowest BCUT2D eigenvalue weighted by Crippen LogP contribution is -2.02. The highest BCUT2D eigenvalue weighted by Crippen LogP contribution is 2.44. The molecule has 0 aliphatic heterocycles. The normalized spacial score (nSPS) is 14.4. The van der Waals surface area contributed by atoms with Crippen molar-refractivity contribution in [3.05, 3.63) is 95.7 Å². The van der Waals surface area contributed by atoms with E-state index in [1.807, 2.05) is 42.5 Å². The number of nitrogens with one attached hydrogen (secondary N) is 2. The molecular formula is C28H24N8O. The van der Waals surface area contributed by atoms with Gasteiger partial charge in [0, 0.05) is 41.5 Å². The summed E-state index contributed by atoms with van der Waals surface area (Å²) in [6.07, 6.45) is 9.94. The molecule has 0 saturated heterocycles. The number of hydrogen-bond donors (Lipinski definition) is 4. The number of aromatic amines is 2. The van der Waals surface area contributed by atoms with Crippen LogP contribution in [0.15, 0.2) is 67.3 Å². The smallest absolute Gasteiger partial charge is 0.131 e. The van der Waals surface area contributed by atoms with Gasteiger partial charge in [-0.1, -0.05) is 12.1 Å². The minimum absolute atomic E-state index is 0.259. The number of imidazole rings is 2. The van der Waals surface area contributed by atoms with Crippen molar-refractivity contribution >= 4 is 17.9 Å². The summed E-state index contributed by atoms with van der Waals surface area (Å²) in [5, 5.41) is 0. The maximum absolute atomic E-state index is 12.4. The molecule has 0 bridgehead atoms. The number of H-pyrrole nitrogens is 2. The van der Waals surface area contributed by atoms with Gasteiger partial charge in [0.2, 0.25) is 0 Å². The van der Waals surface area contributed by atoms with Crippen LogP contribution in [0.25, 0.3) is 45.4 Å². The molecule has 1 aromatic carbocycles. The predicted octanol–water partition coefficient (Wildman–Crippen LogP) is 3.68. The number of benzene rings is 1. The number of aromatic nitrogens is 6. The molecule has 1 aliphatic carbocycles. The SMILES string of the molecule is NCc1nc(C2=Cc3cc(-c4nc(CN)[nH]c4-c4ccncc4)ccc3C2C=O)c(-c2ccncc2)[nH]1. The molecule has 0 fully saturated rings. The molecule has 1 atom stereocenters. The Hall–Kier alpha value is -4.73. The lowest BCUT2D eigenvalue weighted by Gasteiger charge is -2.11. The molecule has 0 saturated carbocycles. The lowest BCUT2D eigenvalue weighted by atomic mass is 9.92. The fourth-order valence-electron chi connectivity index (χ4n) is 4.83. The van der Waals surface area contributed by atoms with Crippen molar-refractivity contribution in [3.8, 4) is 33.8 Å². The zero-order valence-corrected chi connectivity index (χ0v) is 19.8. The number of aldehydes is 1. The van der Waals surface area contributed by atoms with E-state index in [9.17, 15) is 4.79 Å².